The minimum atomic E-state index is -2.25. The van der Waals surface area contributed by atoms with Crippen LogP contribution in [-0.4, -0.2) is 18.7 Å². The molecular formula is C9H9N2O2S-. The summed E-state index contributed by atoms with van der Waals surface area (Å²) in [5.74, 6) is 0. The summed E-state index contributed by atoms with van der Waals surface area (Å²) in [5.41, 5.74) is 2.63. The van der Waals surface area contributed by atoms with Crippen molar-refractivity contribution in [3.05, 3.63) is 23.9 Å². The fourth-order valence-electron chi connectivity index (χ4n) is 1.33. The van der Waals surface area contributed by atoms with Crippen LogP contribution in [0.4, 0.5) is 0 Å². The second kappa shape index (κ2) is 3.51. The molecule has 2 rings (SSSR count). The molecule has 0 aliphatic heterocycles. The Labute approximate surface area is 83.6 Å². The van der Waals surface area contributed by atoms with E-state index in [4.69, 9.17) is 0 Å². The Balaban J connectivity index is 2.59. The van der Waals surface area contributed by atoms with E-state index in [9.17, 15) is 8.76 Å². The topological polar surface area (TPSA) is 68.8 Å². The molecule has 2 aromatic heterocycles. The van der Waals surface area contributed by atoms with Gasteiger partial charge in [-0.15, -0.1) is 0 Å². The number of H-pyrrole nitrogens is 1. The second-order valence-electron chi connectivity index (χ2n) is 2.97. The van der Waals surface area contributed by atoms with E-state index in [1.165, 1.54) is 6.07 Å². The smallest absolute Gasteiger partial charge is 0.114 e. The van der Waals surface area contributed by atoms with E-state index < -0.39 is 11.1 Å². The molecule has 0 saturated carbocycles. The summed E-state index contributed by atoms with van der Waals surface area (Å²) in [6.07, 6.45) is 0.881. The van der Waals surface area contributed by atoms with Gasteiger partial charge in [-0.05, 0) is 35.7 Å². The van der Waals surface area contributed by atoms with Gasteiger partial charge in [0.15, 0.2) is 0 Å². The van der Waals surface area contributed by atoms with Crippen LogP contribution in [0.3, 0.4) is 0 Å². The highest BCUT2D eigenvalue weighted by molar-refractivity contribution is 7.79. The predicted octanol–water partition coefficient (Wildman–Crippen LogP) is 1.36. The fourth-order valence-corrected chi connectivity index (χ4v) is 1.68. The molecule has 0 aromatic carbocycles. The van der Waals surface area contributed by atoms with Crippen molar-refractivity contribution >= 4 is 22.1 Å². The van der Waals surface area contributed by atoms with Gasteiger partial charge in [0.25, 0.3) is 0 Å². The number of pyridine rings is 1. The molecule has 74 valence electrons. The summed E-state index contributed by atoms with van der Waals surface area (Å²) < 4.78 is 21.3. The molecule has 0 amide bonds. The van der Waals surface area contributed by atoms with Crippen molar-refractivity contribution in [1.82, 2.24) is 9.97 Å². The van der Waals surface area contributed by atoms with Crippen LogP contribution in [0, 0.1) is 0 Å². The lowest BCUT2D eigenvalue weighted by Crippen LogP contribution is -1.92. The quantitative estimate of drug-likeness (QED) is 0.759. The molecule has 0 spiro atoms. The molecule has 1 N–H and O–H groups in total. The monoisotopic (exact) mass is 209 g/mol. The third-order valence-corrected chi connectivity index (χ3v) is 2.63. The lowest BCUT2D eigenvalue weighted by atomic mass is 10.3. The van der Waals surface area contributed by atoms with E-state index in [1.807, 2.05) is 13.0 Å². The average Bonchev–Trinajstić information content (AvgIpc) is 2.58. The molecule has 0 aliphatic carbocycles. The number of rotatable bonds is 2. The van der Waals surface area contributed by atoms with Crippen LogP contribution in [-0.2, 0) is 17.5 Å². The molecule has 2 heterocycles. The number of aryl methyl sites for hydroxylation is 1. The molecule has 4 nitrogen and oxygen atoms in total. The first kappa shape index (κ1) is 9.36. The lowest BCUT2D eigenvalue weighted by molar-refractivity contribution is 0.534. The number of nitrogens with zero attached hydrogens (tertiary/aromatic N) is 1. The highest BCUT2D eigenvalue weighted by atomic mass is 32.2. The summed E-state index contributed by atoms with van der Waals surface area (Å²) in [6, 6.07) is 5.08. The first-order chi connectivity index (χ1) is 6.70. The Morgan fingerprint density at radius 1 is 1.57 bits per heavy atom. The first-order valence-electron chi connectivity index (χ1n) is 4.28. The summed E-state index contributed by atoms with van der Waals surface area (Å²) in [5, 5.41) is 0.0825. The van der Waals surface area contributed by atoms with Gasteiger partial charge in [0.2, 0.25) is 0 Å². The highest BCUT2D eigenvalue weighted by Gasteiger charge is 2.02. The molecule has 0 bridgehead atoms. The number of aromatic nitrogens is 2. The van der Waals surface area contributed by atoms with Gasteiger partial charge in [0.1, 0.15) is 5.03 Å². The lowest BCUT2D eigenvalue weighted by Gasteiger charge is -2.02. The molecule has 0 radical (unpaired) electrons. The summed E-state index contributed by atoms with van der Waals surface area (Å²) in [4.78, 5) is 7.15. The van der Waals surface area contributed by atoms with Gasteiger partial charge in [-0.1, -0.05) is 6.92 Å². The van der Waals surface area contributed by atoms with Crippen LogP contribution in [0.2, 0.25) is 0 Å². The van der Waals surface area contributed by atoms with Crippen molar-refractivity contribution in [1.29, 1.82) is 0 Å². The average molecular weight is 209 g/mol. The van der Waals surface area contributed by atoms with Crippen LogP contribution in [0.5, 0.6) is 0 Å². The minimum absolute atomic E-state index is 0.0825. The van der Waals surface area contributed by atoms with Crippen molar-refractivity contribution in [2.75, 3.05) is 0 Å². The molecule has 0 aliphatic rings. The Hall–Kier alpha value is -1.20. The van der Waals surface area contributed by atoms with Crippen LogP contribution in [0.15, 0.2) is 23.2 Å². The molecule has 2 aromatic rings. The molecule has 14 heavy (non-hydrogen) atoms. The maximum absolute atomic E-state index is 10.6. The number of aromatic amines is 1. The molecule has 1 unspecified atom stereocenters. The van der Waals surface area contributed by atoms with Crippen LogP contribution in [0.25, 0.3) is 11.0 Å². The van der Waals surface area contributed by atoms with Crippen molar-refractivity contribution in [2.24, 2.45) is 0 Å². The highest BCUT2D eigenvalue weighted by Crippen LogP contribution is 2.15. The van der Waals surface area contributed by atoms with Crippen molar-refractivity contribution in [3.63, 3.8) is 0 Å². The van der Waals surface area contributed by atoms with E-state index in [1.54, 1.807) is 6.07 Å². The maximum atomic E-state index is 10.6. The van der Waals surface area contributed by atoms with Crippen LogP contribution < -0.4 is 0 Å². The standard InChI is InChI=1S/C9H10N2O2S/c1-2-6-5-8-7(10-6)3-4-9(11-8)14(12)13/h3-5,10H,2H2,1H3,(H,12,13)/p-1. The molecule has 0 fully saturated rings. The zero-order chi connectivity index (χ0) is 10.1. The Kier molecular flexibility index (Phi) is 2.35. The summed E-state index contributed by atoms with van der Waals surface area (Å²) in [7, 11) is 0. The number of hydrogen-bond acceptors (Lipinski definition) is 3. The molecule has 0 saturated heterocycles. The Bertz CT molecular complexity index is 493. The zero-order valence-corrected chi connectivity index (χ0v) is 8.43. The fraction of sp³-hybridized carbons (Fsp3) is 0.222. The molecule has 5 heteroatoms. The predicted molar refractivity (Wildman–Crippen MR) is 52.7 cm³/mol. The third kappa shape index (κ3) is 1.56. The van der Waals surface area contributed by atoms with Gasteiger partial charge >= 0.3 is 0 Å². The Morgan fingerprint density at radius 3 is 3.00 bits per heavy atom. The number of nitrogens with one attached hydrogen (secondary N) is 1. The van der Waals surface area contributed by atoms with Crippen LogP contribution >= 0.6 is 0 Å². The number of hydrogen-bond donors (Lipinski definition) is 1. The van der Waals surface area contributed by atoms with Gasteiger partial charge in [-0.25, -0.2) is 4.98 Å². The number of fused-ring (bicyclic) bond motifs is 1. The van der Waals surface area contributed by atoms with E-state index in [2.05, 4.69) is 9.97 Å². The van der Waals surface area contributed by atoms with Crippen LogP contribution in [0.1, 0.15) is 12.6 Å². The first-order valence-corrected chi connectivity index (χ1v) is 5.36. The van der Waals surface area contributed by atoms with Gasteiger partial charge in [-0.3, -0.25) is 4.21 Å². The van der Waals surface area contributed by atoms with E-state index in [0.717, 1.165) is 17.6 Å². The zero-order valence-electron chi connectivity index (χ0n) is 7.61. The molecular weight excluding hydrogens is 200 g/mol. The van der Waals surface area contributed by atoms with Crippen molar-refractivity contribution in [3.8, 4) is 0 Å². The van der Waals surface area contributed by atoms with E-state index >= 15 is 0 Å². The van der Waals surface area contributed by atoms with Gasteiger partial charge in [-0.2, -0.15) is 0 Å². The maximum Gasteiger partial charge on any atom is 0.114 e. The third-order valence-electron chi connectivity index (χ3n) is 2.06. The molecule has 1 atom stereocenters. The van der Waals surface area contributed by atoms with E-state index in [-0.39, 0.29) is 5.03 Å². The minimum Gasteiger partial charge on any atom is -0.767 e. The Morgan fingerprint density at radius 2 is 2.36 bits per heavy atom. The summed E-state index contributed by atoms with van der Waals surface area (Å²) in [6.45, 7) is 2.03. The van der Waals surface area contributed by atoms with Gasteiger partial charge in [0.05, 0.1) is 11.0 Å². The SMILES string of the molecule is CCc1cc2nc(S(=O)[O-])ccc2[nH]1. The largest absolute Gasteiger partial charge is 0.767 e. The van der Waals surface area contributed by atoms with E-state index in [0.29, 0.717) is 5.52 Å². The van der Waals surface area contributed by atoms with Crippen molar-refractivity contribution in [2.45, 2.75) is 18.4 Å². The second-order valence-corrected chi connectivity index (χ2v) is 3.85. The van der Waals surface area contributed by atoms with Crippen molar-refractivity contribution < 1.29 is 8.76 Å². The summed E-state index contributed by atoms with van der Waals surface area (Å²) >= 11 is -2.25. The van der Waals surface area contributed by atoms with Gasteiger partial charge < -0.3 is 9.54 Å². The normalized spacial score (nSPS) is 13.3. The van der Waals surface area contributed by atoms with Gasteiger partial charge in [0, 0.05) is 5.69 Å².